The van der Waals surface area contributed by atoms with Gasteiger partial charge in [0.25, 0.3) is 5.91 Å². The Balaban J connectivity index is 1.44. The molecule has 0 aromatic heterocycles. The number of rotatable bonds is 24. The summed E-state index contributed by atoms with van der Waals surface area (Å²) in [7, 11) is 1.62. The second-order valence-corrected chi connectivity index (χ2v) is 15.5. The van der Waals surface area contributed by atoms with Crippen molar-refractivity contribution < 1.29 is 38.2 Å². The van der Waals surface area contributed by atoms with E-state index in [0.717, 1.165) is 17.5 Å². The van der Waals surface area contributed by atoms with Gasteiger partial charge in [-0.1, -0.05) is 74.5 Å². The number of likely N-dealkylation sites (tertiary alicyclic amines) is 1. The molecule has 318 valence electrons. The van der Waals surface area contributed by atoms with E-state index in [1.54, 1.807) is 12.0 Å². The smallest absolute Gasteiger partial charge is 0.322 e. The zero-order valence-electron chi connectivity index (χ0n) is 34.1. The van der Waals surface area contributed by atoms with Crippen LogP contribution in [0, 0.1) is 5.92 Å². The van der Waals surface area contributed by atoms with Crippen LogP contribution in [0.2, 0.25) is 0 Å². The van der Waals surface area contributed by atoms with Crippen LogP contribution in [-0.2, 0) is 46.3 Å². The second kappa shape index (κ2) is 23.5. The number of imide groups is 1. The minimum absolute atomic E-state index is 0.0118. The lowest BCUT2D eigenvalue weighted by Crippen LogP contribution is -2.60. The Labute approximate surface area is 341 Å². The molecule has 2 fully saturated rings. The van der Waals surface area contributed by atoms with Gasteiger partial charge in [-0.2, -0.15) is 0 Å². The molecule has 1 spiro atoms. The van der Waals surface area contributed by atoms with E-state index < -0.39 is 59.4 Å². The average Bonchev–Trinajstić information content (AvgIpc) is 3.48. The summed E-state index contributed by atoms with van der Waals surface area (Å²) in [5.74, 6) is -2.29. The second-order valence-electron chi connectivity index (χ2n) is 15.5. The maximum absolute atomic E-state index is 14.2. The van der Waals surface area contributed by atoms with Crippen molar-refractivity contribution in [2.45, 2.75) is 94.9 Å². The monoisotopic (exact) mass is 806 g/mol. The van der Waals surface area contributed by atoms with Crippen molar-refractivity contribution >= 4 is 35.6 Å². The Morgan fingerprint density at radius 3 is 1.98 bits per heavy atom. The Hall–Kier alpha value is -4.90. The number of carbonyl (C=O) groups is 6. The highest BCUT2D eigenvalue weighted by Gasteiger charge is 2.49. The molecular weight excluding hydrogens is 745 g/mol. The van der Waals surface area contributed by atoms with E-state index >= 15 is 0 Å². The van der Waals surface area contributed by atoms with Gasteiger partial charge in [0.15, 0.2) is 0 Å². The standard InChI is InChI=1S/C42H62N8O8/c1-29(2)26-34(47-38(53)35(28-31-14-8-5-9-15-31)46-36(51)32(43)27-30-12-6-4-7-13-30)37(52)45-33(16-10-11-19-44-20-23-58-25-24-57-3)39(54)50-21-17-42(18-22-50)40(55)48-41(56)49-42/h4-9,12-15,29,32-35,44H,10-11,16-28,43H2,1-3H3,(H,45,52)(H,46,51)(H,47,53)(H2,48,49,55,56)/t32-,33-,34-,35-/m1/s1. The Bertz CT molecular complexity index is 1640. The van der Waals surface area contributed by atoms with Crippen molar-refractivity contribution in [3.63, 3.8) is 0 Å². The number of nitrogens with zero attached hydrogens (tertiary/aromatic N) is 1. The zero-order chi connectivity index (χ0) is 41.9. The lowest BCUT2D eigenvalue weighted by Gasteiger charge is -2.38. The maximum atomic E-state index is 14.2. The number of piperidine rings is 1. The van der Waals surface area contributed by atoms with Gasteiger partial charge in [-0.15, -0.1) is 0 Å². The SMILES string of the molecule is COCCOCCNCCCC[C@@H](NC(=O)[C@@H](CC(C)C)NC(=O)[C@@H](Cc1ccccc1)NC(=O)[C@H](N)Cc1ccccc1)C(=O)N1CCC2(CC1)NC(=O)NC2=O. The van der Waals surface area contributed by atoms with Crippen LogP contribution in [-0.4, -0.2) is 123 Å². The molecule has 0 bridgehead atoms. The number of hydrogen-bond donors (Lipinski definition) is 7. The van der Waals surface area contributed by atoms with E-state index in [4.69, 9.17) is 15.2 Å². The van der Waals surface area contributed by atoms with Crippen molar-refractivity contribution in [1.29, 1.82) is 0 Å². The van der Waals surface area contributed by atoms with Gasteiger partial charge in [-0.25, -0.2) is 4.79 Å². The number of methoxy groups -OCH3 is 1. The van der Waals surface area contributed by atoms with Crippen LogP contribution in [0.15, 0.2) is 60.7 Å². The van der Waals surface area contributed by atoms with Crippen LogP contribution < -0.4 is 37.6 Å². The Morgan fingerprint density at radius 1 is 0.776 bits per heavy atom. The van der Waals surface area contributed by atoms with E-state index in [0.29, 0.717) is 45.8 Å². The van der Waals surface area contributed by atoms with Gasteiger partial charge in [0.05, 0.1) is 25.9 Å². The van der Waals surface area contributed by atoms with Crippen LogP contribution in [0.25, 0.3) is 0 Å². The largest absolute Gasteiger partial charge is 0.382 e. The summed E-state index contributed by atoms with van der Waals surface area (Å²) in [6.07, 6.45) is 2.87. The molecule has 7 amide bonds. The fourth-order valence-corrected chi connectivity index (χ4v) is 7.12. The molecule has 2 saturated heterocycles. The molecule has 2 aromatic carbocycles. The summed E-state index contributed by atoms with van der Waals surface area (Å²) in [6.45, 7) is 7.19. The fraction of sp³-hybridized carbons (Fsp3) is 0.571. The zero-order valence-corrected chi connectivity index (χ0v) is 34.1. The summed E-state index contributed by atoms with van der Waals surface area (Å²) in [4.78, 5) is 81.8. The summed E-state index contributed by atoms with van der Waals surface area (Å²) in [5, 5.41) is 17.0. The van der Waals surface area contributed by atoms with Crippen molar-refractivity contribution in [3.05, 3.63) is 71.8 Å². The Morgan fingerprint density at radius 2 is 1.38 bits per heavy atom. The molecular formula is C42H62N8O8. The lowest BCUT2D eigenvalue weighted by molar-refractivity contribution is -0.140. The first-order chi connectivity index (χ1) is 27.9. The highest BCUT2D eigenvalue weighted by atomic mass is 16.5. The van der Waals surface area contributed by atoms with Crippen molar-refractivity contribution in [2.24, 2.45) is 11.7 Å². The van der Waals surface area contributed by atoms with Gasteiger partial charge >= 0.3 is 6.03 Å². The molecule has 2 aromatic rings. The predicted molar refractivity (Wildman–Crippen MR) is 218 cm³/mol. The Kier molecular flexibility index (Phi) is 18.5. The highest BCUT2D eigenvalue weighted by Crippen LogP contribution is 2.26. The number of ether oxygens (including phenoxy) is 2. The number of urea groups is 1. The minimum Gasteiger partial charge on any atom is -0.382 e. The number of amides is 7. The van der Waals surface area contributed by atoms with E-state index in [-0.39, 0.29) is 57.0 Å². The van der Waals surface area contributed by atoms with Gasteiger partial charge in [-0.05, 0) is 68.5 Å². The molecule has 2 heterocycles. The molecule has 2 aliphatic rings. The lowest BCUT2D eigenvalue weighted by atomic mass is 9.87. The molecule has 4 rings (SSSR count). The van der Waals surface area contributed by atoms with Gasteiger partial charge in [0, 0.05) is 33.2 Å². The number of nitrogens with two attached hydrogens (primary N) is 1. The van der Waals surface area contributed by atoms with Crippen LogP contribution >= 0.6 is 0 Å². The number of carbonyl (C=O) groups excluding carboxylic acids is 6. The molecule has 2 aliphatic heterocycles. The van der Waals surface area contributed by atoms with E-state index in [9.17, 15) is 28.8 Å². The molecule has 58 heavy (non-hydrogen) atoms. The fourth-order valence-electron chi connectivity index (χ4n) is 7.12. The highest BCUT2D eigenvalue weighted by molar-refractivity contribution is 6.07. The van der Waals surface area contributed by atoms with E-state index in [1.165, 1.54) is 0 Å². The van der Waals surface area contributed by atoms with Gasteiger partial charge in [0.1, 0.15) is 23.7 Å². The number of hydrogen-bond acceptors (Lipinski definition) is 10. The van der Waals surface area contributed by atoms with Crippen LogP contribution in [0.5, 0.6) is 0 Å². The van der Waals surface area contributed by atoms with Crippen LogP contribution in [0.4, 0.5) is 4.79 Å². The van der Waals surface area contributed by atoms with Gasteiger partial charge < -0.3 is 46.7 Å². The third-order valence-electron chi connectivity index (χ3n) is 10.4. The summed E-state index contributed by atoms with van der Waals surface area (Å²) in [6, 6.07) is 14.2. The molecule has 0 saturated carbocycles. The minimum atomic E-state index is -1.06. The van der Waals surface area contributed by atoms with Crippen LogP contribution in [0.1, 0.15) is 63.5 Å². The van der Waals surface area contributed by atoms with Crippen molar-refractivity contribution in [1.82, 2.24) is 36.8 Å². The first-order valence-electron chi connectivity index (χ1n) is 20.3. The third-order valence-corrected chi connectivity index (χ3v) is 10.4. The molecule has 0 aliphatic carbocycles. The first-order valence-corrected chi connectivity index (χ1v) is 20.3. The maximum Gasteiger partial charge on any atom is 0.322 e. The van der Waals surface area contributed by atoms with E-state index in [1.807, 2.05) is 74.5 Å². The normalized spacial score (nSPS) is 16.9. The third kappa shape index (κ3) is 14.5. The summed E-state index contributed by atoms with van der Waals surface area (Å²) < 4.78 is 10.5. The van der Waals surface area contributed by atoms with Crippen LogP contribution in [0.3, 0.4) is 0 Å². The first kappa shape index (κ1) is 45.8. The van der Waals surface area contributed by atoms with Crippen molar-refractivity contribution in [3.8, 4) is 0 Å². The number of unbranched alkanes of at least 4 members (excludes halogenated alkanes) is 1. The average molecular weight is 807 g/mol. The number of nitrogens with one attached hydrogen (secondary N) is 6. The van der Waals surface area contributed by atoms with E-state index in [2.05, 4.69) is 31.9 Å². The molecule has 16 heteroatoms. The molecule has 8 N–H and O–H groups in total. The van der Waals surface area contributed by atoms with Gasteiger partial charge in [-0.3, -0.25) is 29.3 Å². The molecule has 16 nitrogen and oxygen atoms in total. The number of benzene rings is 2. The molecule has 0 radical (unpaired) electrons. The quantitative estimate of drug-likeness (QED) is 0.0588. The summed E-state index contributed by atoms with van der Waals surface area (Å²) in [5.41, 5.74) is 6.93. The topological polar surface area (TPSA) is 222 Å². The molecule has 4 atom stereocenters. The van der Waals surface area contributed by atoms with Crippen molar-refractivity contribution in [2.75, 3.05) is 53.1 Å². The van der Waals surface area contributed by atoms with Gasteiger partial charge in [0.2, 0.25) is 23.6 Å². The molecule has 0 unspecified atom stereocenters. The summed E-state index contributed by atoms with van der Waals surface area (Å²) >= 11 is 0. The predicted octanol–water partition coefficient (Wildman–Crippen LogP) is 0.923.